The van der Waals surface area contributed by atoms with Crippen molar-refractivity contribution in [1.29, 1.82) is 0 Å². The van der Waals surface area contributed by atoms with E-state index < -0.39 is 0 Å². The van der Waals surface area contributed by atoms with E-state index in [0.717, 1.165) is 0 Å². The van der Waals surface area contributed by atoms with Gasteiger partial charge in [-0.2, -0.15) is 0 Å². The standard InChI is InChI=1S/C9H7GeO/c10-11-9-6-5-7-3-1-2-4-8(7)9/h1-6,9H. The molecule has 2 heteroatoms. The zero-order chi connectivity index (χ0) is 7.68. The first-order valence-corrected chi connectivity index (χ1v) is 4.37. The molecule has 1 aliphatic rings. The fourth-order valence-corrected chi connectivity index (χ4v) is 1.75. The molecule has 3 radical (unpaired) electrons. The Hall–Kier alpha value is -0.537. The van der Waals surface area contributed by atoms with Crippen LogP contribution in [0.2, 0.25) is 0 Å². The molecule has 0 spiro atoms. The molecule has 0 heterocycles. The fourth-order valence-electron chi connectivity index (χ4n) is 1.32. The van der Waals surface area contributed by atoms with Crippen LogP contribution in [-0.4, -0.2) is 16.9 Å². The van der Waals surface area contributed by atoms with Crippen molar-refractivity contribution in [1.82, 2.24) is 0 Å². The van der Waals surface area contributed by atoms with Crippen molar-refractivity contribution in [3.63, 3.8) is 0 Å². The molecule has 11 heavy (non-hydrogen) atoms. The summed E-state index contributed by atoms with van der Waals surface area (Å²) in [6.07, 6.45) is 4.35. The number of benzene rings is 1. The summed E-state index contributed by atoms with van der Waals surface area (Å²) >= 11 is 1.73. The third-order valence-electron chi connectivity index (χ3n) is 1.88. The van der Waals surface area contributed by atoms with E-state index in [1.54, 1.807) is 16.9 Å². The minimum atomic E-state index is 0.172. The van der Waals surface area contributed by atoms with Crippen LogP contribution in [0.5, 0.6) is 0 Å². The molecular formula is C9H7GeO. The van der Waals surface area contributed by atoms with Gasteiger partial charge in [0.1, 0.15) is 0 Å². The number of hydrogen-bond donors (Lipinski definition) is 0. The van der Waals surface area contributed by atoms with Gasteiger partial charge in [0.2, 0.25) is 0 Å². The summed E-state index contributed by atoms with van der Waals surface area (Å²) in [5.74, 6) is 0. The molecule has 0 fully saturated rings. The van der Waals surface area contributed by atoms with Crippen LogP contribution in [0.25, 0.3) is 6.08 Å². The van der Waals surface area contributed by atoms with Crippen molar-refractivity contribution in [2.75, 3.05) is 0 Å². The quantitative estimate of drug-likeness (QED) is 0.634. The van der Waals surface area contributed by atoms with E-state index in [9.17, 15) is 0 Å². The molecule has 0 saturated heterocycles. The Morgan fingerprint density at radius 2 is 2.09 bits per heavy atom. The third kappa shape index (κ3) is 1.14. The average molecular weight is 204 g/mol. The zero-order valence-electron chi connectivity index (χ0n) is 5.95. The summed E-state index contributed by atoms with van der Waals surface area (Å²) in [5, 5.41) is 0. The molecule has 1 aromatic rings. The van der Waals surface area contributed by atoms with Gasteiger partial charge in [-0.1, -0.05) is 0 Å². The van der Waals surface area contributed by atoms with Crippen molar-refractivity contribution < 1.29 is 3.76 Å². The second-order valence-corrected chi connectivity index (χ2v) is 3.02. The Kier molecular flexibility index (Phi) is 1.84. The molecule has 0 N–H and O–H groups in total. The van der Waals surface area contributed by atoms with Crippen LogP contribution < -0.4 is 0 Å². The van der Waals surface area contributed by atoms with Gasteiger partial charge in [0, 0.05) is 0 Å². The van der Waals surface area contributed by atoms with Crippen molar-refractivity contribution in [2.45, 2.75) is 6.10 Å². The molecule has 0 amide bonds. The van der Waals surface area contributed by atoms with E-state index in [2.05, 4.69) is 24.3 Å². The van der Waals surface area contributed by atoms with Gasteiger partial charge >= 0.3 is 74.3 Å². The number of rotatable bonds is 1. The Labute approximate surface area is 74.6 Å². The molecule has 0 aromatic heterocycles. The van der Waals surface area contributed by atoms with Crippen LogP contribution in [0.4, 0.5) is 0 Å². The first kappa shape index (κ1) is 7.13. The van der Waals surface area contributed by atoms with E-state index in [0.29, 0.717) is 0 Å². The van der Waals surface area contributed by atoms with Crippen LogP contribution >= 0.6 is 0 Å². The van der Waals surface area contributed by atoms with E-state index in [-0.39, 0.29) is 6.10 Å². The van der Waals surface area contributed by atoms with E-state index in [1.807, 2.05) is 12.1 Å². The Morgan fingerprint density at radius 1 is 1.27 bits per heavy atom. The van der Waals surface area contributed by atoms with E-state index >= 15 is 0 Å². The molecule has 1 nitrogen and oxygen atoms in total. The van der Waals surface area contributed by atoms with E-state index in [4.69, 9.17) is 3.76 Å². The summed E-state index contributed by atoms with van der Waals surface area (Å²) in [5.41, 5.74) is 2.55. The van der Waals surface area contributed by atoms with Crippen LogP contribution in [-0.2, 0) is 3.76 Å². The van der Waals surface area contributed by atoms with Crippen LogP contribution in [0, 0.1) is 0 Å². The summed E-state index contributed by atoms with van der Waals surface area (Å²) in [6.45, 7) is 0. The van der Waals surface area contributed by atoms with Crippen molar-refractivity contribution >= 4 is 22.9 Å². The normalized spacial score (nSPS) is 20.3. The minimum absolute atomic E-state index is 0.172. The molecule has 0 aliphatic heterocycles. The summed E-state index contributed by atoms with van der Waals surface area (Å²) in [4.78, 5) is 0. The molecule has 53 valence electrons. The van der Waals surface area contributed by atoms with Gasteiger partial charge in [0.05, 0.1) is 0 Å². The third-order valence-corrected chi connectivity index (χ3v) is 2.41. The van der Waals surface area contributed by atoms with Crippen molar-refractivity contribution in [2.24, 2.45) is 0 Å². The fraction of sp³-hybridized carbons (Fsp3) is 0.111. The van der Waals surface area contributed by atoms with Gasteiger partial charge in [-0.3, -0.25) is 0 Å². The maximum absolute atomic E-state index is 5.25. The van der Waals surface area contributed by atoms with E-state index in [1.165, 1.54) is 11.1 Å². The topological polar surface area (TPSA) is 9.23 Å². The molecule has 1 aliphatic carbocycles. The predicted octanol–water partition coefficient (Wildman–Crippen LogP) is 1.85. The summed E-state index contributed by atoms with van der Waals surface area (Å²) < 4.78 is 5.25. The Bertz CT molecular complexity index is 293. The molecule has 1 unspecified atom stereocenters. The average Bonchev–Trinajstić information content (AvgIpc) is 2.47. The summed E-state index contributed by atoms with van der Waals surface area (Å²) in [7, 11) is 0. The first-order valence-electron chi connectivity index (χ1n) is 3.51. The second kappa shape index (κ2) is 2.83. The monoisotopic (exact) mass is 205 g/mol. The zero-order valence-corrected chi connectivity index (χ0v) is 8.05. The van der Waals surface area contributed by atoms with Gasteiger partial charge in [-0.05, 0) is 0 Å². The Balaban J connectivity index is 2.46. The van der Waals surface area contributed by atoms with Crippen LogP contribution in [0.15, 0.2) is 30.3 Å². The van der Waals surface area contributed by atoms with Gasteiger partial charge in [-0.15, -0.1) is 0 Å². The number of hydrogen-bond acceptors (Lipinski definition) is 1. The van der Waals surface area contributed by atoms with Gasteiger partial charge in [0.15, 0.2) is 0 Å². The number of fused-ring (bicyclic) bond motifs is 1. The predicted molar refractivity (Wildman–Crippen MR) is 45.1 cm³/mol. The van der Waals surface area contributed by atoms with Gasteiger partial charge < -0.3 is 0 Å². The van der Waals surface area contributed by atoms with Crippen molar-refractivity contribution in [3.05, 3.63) is 41.5 Å². The second-order valence-electron chi connectivity index (χ2n) is 2.53. The molecule has 0 saturated carbocycles. The first-order chi connectivity index (χ1) is 5.42. The summed E-state index contributed by atoms with van der Waals surface area (Å²) in [6, 6.07) is 8.29. The Morgan fingerprint density at radius 3 is 2.91 bits per heavy atom. The van der Waals surface area contributed by atoms with Crippen LogP contribution in [0.1, 0.15) is 17.2 Å². The molecule has 0 bridgehead atoms. The molecule has 2 rings (SSSR count). The molecular weight excluding hydrogens is 197 g/mol. The molecule has 1 atom stereocenters. The molecule has 1 aromatic carbocycles. The van der Waals surface area contributed by atoms with Crippen LogP contribution in [0.3, 0.4) is 0 Å². The SMILES string of the molecule is [Ge][O]C1C=Cc2ccccc21. The maximum atomic E-state index is 5.25. The van der Waals surface area contributed by atoms with Gasteiger partial charge in [-0.25, -0.2) is 0 Å². The van der Waals surface area contributed by atoms with Crippen molar-refractivity contribution in [3.8, 4) is 0 Å². The van der Waals surface area contributed by atoms with Gasteiger partial charge in [0.25, 0.3) is 0 Å².